The number of furan rings is 1. The third-order valence-electron chi connectivity index (χ3n) is 8.76. The fourth-order valence-corrected chi connectivity index (χ4v) is 6.59. The van der Waals surface area contributed by atoms with E-state index in [1.54, 1.807) is 0 Å². The van der Waals surface area contributed by atoms with Gasteiger partial charge in [-0.1, -0.05) is 69.3 Å². The molecule has 0 amide bonds. The SMILES string of the molecule is C/C=C(\C=C(/N)n1c2ccccc2c2ccc(Oc3cccc(-n4cnc5ccc6oc7ccccc7c6c54)c3)cc21)C(C)(C)C. The zero-order chi connectivity index (χ0) is 31.6. The summed E-state index contributed by atoms with van der Waals surface area (Å²) in [6.07, 6.45) is 6.07. The molecule has 8 rings (SSSR count). The lowest BCUT2D eigenvalue weighted by Gasteiger charge is -2.21. The minimum absolute atomic E-state index is 0.0333. The Morgan fingerprint density at radius 1 is 0.783 bits per heavy atom. The standard InChI is InChI=1S/C40H34N4O2/c1-5-25(40(2,3)4)21-37(41)44-33-15-8-6-13-29(33)30-18-17-28(23-34(30)44)45-27-12-10-11-26(22-27)43-24-42-32-19-20-36-38(39(32)43)31-14-7-9-16-35(31)46-36/h5-24H,41H2,1-4H3/b25-5+,37-21+. The van der Waals surface area contributed by atoms with Crippen LogP contribution in [-0.2, 0) is 0 Å². The zero-order valence-corrected chi connectivity index (χ0v) is 26.3. The van der Waals surface area contributed by atoms with Crippen molar-refractivity contribution < 1.29 is 9.15 Å². The Balaban J connectivity index is 1.22. The van der Waals surface area contributed by atoms with Crippen molar-refractivity contribution in [1.82, 2.24) is 14.1 Å². The van der Waals surface area contributed by atoms with E-state index in [0.717, 1.165) is 72.0 Å². The van der Waals surface area contributed by atoms with Crippen LogP contribution in [0.1, 0.15) is 27.7 Å². The van der Waals surface area contributed by atoms with E-state index in [2.05, 4.69) is 91.4 Å². The summed E-state index contributed by atoms with van der Waals surface area (Å²) in [5, 5.41) is 4.38. The Labute approximate surface area is 266 Å². The van der Waals surface area contributed by atoms with Gasteiger partial charge in [0.1, 0.15) is 34.8 Å². The highest BCUT2D eigenvalue weighted by Crippen LogP contribution is 2.38. The Morgan fingerprint density at radius 2 is 1.54 bits per heavy atom. The summed E-state index contributed by atoms with van der Waals surface area (Å²) in [5.74, 6) is 2.11. The molecule has 0 bridgehead atoms. The van der Waals surface area contributed by atoms with Crippen molar-refractivity contribution in [3.63, 3.8) is 0 Å². The predicted molar refractivity (Wildman–Crippen MR) is 190 cm³/mol. The van der Waals surface area contributed by atoms with Gasteiger partial charge in [0.15, 0.2) is 0 Å². The minimum atomic E-state index is -0.0333. The summed E-state index contributed by atoms with van der Waals surface area (Å²) in [4.78, 5) is 4.72. The van der Waals surface area contributed by atoms with Gasteiger partial charge in [-0.25, -0.2) is 4.98 Å². The van der Waals surface area contributed by atoms with Crippen molar-refractivity contribution in [2.24, 2.45) is 11.1 Å². The average Bonchev–Trinajstić information content (AvgIpc) is 3.74. The maximum absolute atomic E-state index is 6.86. The van der Waals surface area contributed by atoms with E-state index in [0.29, 0.717) is 5.82 Å². The van der Waals surface area contributed by atoms with E-state index >= 15 is 0 Å². The van der Waals surface area contributed by atoms with Gasteiger partial charge < -0.3 is 14.9 Å². The minimum Gasteiger partial charge on any atom is -0.457 e. The number of rotatable bonds is 5. The average molecular weight is 603 g/mol. The quantitative estimate of drug-likeness (QED) is 0.199. The molecule has 6 heteroatoms. The van der Waals surface area contributed by atoms with Crippen molar-refractivity contribution in [1.29, 1.82) is 0 Å². The molecule has 0 aliphatic carbocycles. The van der Waals surface area contributed by atoms with Crippen LogP contribution in [0.5, 0.6) is 11.5 Å². The second-order valence-electron chi connectivity index (χ2n) is 12.7. The number of para-hydroxylation sites is 2. The highest BCUT2D eigenvalue weighted by Gasteiger charge is 2.19. The van der Waals surface area contributed by atoms with Crippen LogP contribution < -0.4 is 10.5 Å². The number of ether oxygens (including phenoxy) is 1. The number of benzene rings is 5. The van der Waals surface area contributed by atoms with Gasteiger partial charge in [-0.15, -0.1) is 0 Å². The Hall–Kier alpha value is -5.75. The lowest BCUT2D eigenvalue weighted by Crippen LogP contribution is -2.12. The van der Waals surface area contributed by atoms with Gasteiger partial charge in [0.2, 0.25) is 0 Å². The highest BCUT2D eigenvalue weighted by molar-refractivity contribution is 6.17. The molecule has 3 heterocycles. The first-order valence-electron chi connectivity index (χ1n) is 15.5. The van der Waals surface area contributed by atoms with Crippen molar-refractivity contribution in [2.75, 3.05) is 0 Å². The van der Waals surface area contributed by atoms with Crippen LogP contribution in [0.4, 0.5) is 0 Å². The third kappa shape index (κ3) is 4.45. The van der Waals surface area contributed by atoms with Gasteiger partial charge in [-0.3, -0.25) is 9.13 Å². The topological polar surface area (TPSA) is 71.1 Å². The molecule has 2 N–H and O–H groups in total. The third-order valence-corrected chi connectivity index (χ3v) is 8.76. The maximum Gasteiger partial charge on any atom is 0.137 e. The molecule has 0 saturated heterocycles. The van der Waals surface area contributed by atoms with E-state index in [-0.39, 0.29) is 5.41 Å². The number of imidazole rings is 1. The highest BCUT2D eigenvalue weighted by atomic mass is 16.5. The first-order valence-corrected chi connectivity index (χ1v) is 15.5. The molecule has 0 unspecified atom stereocenters. The molecular formula is C40H34N4O2. The first-order chi connectivity index (χ1) is 22.3. The van der Waals surface area contributed by atoms with Gasteiger partial charge in [-0.2, -0.15) is 0 Å². The molecule has 46 heavy (non-hydrogen) atoms. The number of hydrogen-bond donors (Lipinski definition) is 1. The first kappa shape index (κ1) is 27.8. The van der Waals surface area contributed by atoms with Crippen LogP contribution in [0.2, 0.25) is 0 Å². The summed E-state index contributed by atoms with van der Waals surface area (Å²) in [6.45, 7) is 8.66. The summed E-state index contributed by atoms with van der Waals surface area (Å²) in [6, 6.07) is 34.8. The largest absolute Gasteiger partial charge is 0.457 e. The molecule has 0 spiro atoms. The molecule has 0 atom stereocenters. The molecule has 6 nitrogen and oxygen atoms in total. The van der Waals surface area contributed by atoms with Crippen LogP contribution >= 0.6 is 0 Å². The molecule has 0 aliphatic rings. The molecule has 0 saturated carbocycles. The van der Waals surface area contributed by atoms with Gasteiger partial charge >= 0.3 is 0 Å². The van der Waals surface area contributed by atoms with Crippen LogP contribution in [0.15, 0.2) is 132 Å². The van der Waals surface area contributed by atoms with Crippen LogP contribution in [0, 0.1) is 5.41 Å². The summed E-state index contributed by atoms with van der Waals surface area (Å²) in [7, 11) is 0. The molecule has 226 valence electrons. The molecule has 8 aromatic rings. The van der Waals surface area contributed by atoms with Crippen LogP contribution in [-0.4, -0.2) is 14.1 Å². The number of allylic oxidation sites excluding steroid dienone is 3. The summed E-state index contributed by atoms with van der Waals surface area (Å²) < 4.78 is 16.9. The van der Waals surface area contributed by atoms with Crippen LogP contribution in [0.25, 0.3) is 66.3 Å². The van der Waals surface area contributed by atoms with Crippen LogP contribution in [0.3, 0.4) is 0 Å². The lowest BCUT2D eigenvalue weighted by atomic mass is 9.86. The number of nitrogens with zero attached hydrogens (tertiary/aromatic N) is 3. The smallest absolute Gasteiger partial charge is 0.137 e. The van der Waals surface area contributed by atoms with E-state index in [4.69, 9.17) is 19.9 Å². The fourth-order valence-electron chi connectivity index (χ4n) is 6.59. The van der Waals surface area contributed by atoms with Crippen molar-refractivity contribution in [3.8, 4) is 17.2 Å². The molecular weight excluding hydrogens is 568 g/mol. The normalized spacial score (nSPS) is 13.1. The van der Waals surface area contributed by atoms with E-state index in [1.165, 1.54) is 5.57 Å². The molecule has 5 aromatic carbocycles. The monoisotopic (exact) mass is 602 g/mol. The second-order valence-corrected chi connectivity index (χ2v) is 12.7. The zero-order valence-electron chi connectivity index (χ0n) is 26.3. The van der Waals surface area contributed by atoms with E-state index in [1.807, 2.05) is 67.0 Å². The van der Waals surface area contributed by atoms with Gasteiger partial charge in [0.25, 0.3) is 0 Å². The number of fused-ring (bicyclic) bond motifs is 8. The van der Waals surface area contributed by atoms with Crippen molar-refractivity contribution >= 4 is 60.6 Å². The van der Waals surface area contributed by atoms with Gasteiger partial charge in [0, 0.05) is 28.3 Å². The maximum atomic E-state index is 6.86. The molecule has 3 aromatic heterocycles. The van der Waals surface area contributed by atoms with Gasteiger partial charge in [0.05, 0.1) is 33.1 Å². The Bertz CT molecular complexity index is 2520. The summed E-state index contributed by atoms with van der Waals surface area (Å²) in [5.41, 5.74) is 14.6. The van der Waals surface area contributed by atoms with Crippen molar-refractivity contribution in [3.05, 3.63) is 127 Å². The number of nitrogens with two attached hydrogens (primary N) is 1. The number of hydrogen-bond acceptors (Lipinski definition) is 4. The predicted octanol–water partition coefficient (Wildman–Crippen LogP) is 10.6. The number of aromatic nitrogens is 3. The van der Waals surface area contributed by atoms with E-state index in [9.17, 15) is 0 Å². The Kier molecular flexibility index (Phi) is 6.29. The fraction of sp³-hybridized carbons (Fsp3) is 0.125. The molecule has 0 fully saturated rings. The second kappa shape index (κ2) is 10.4. The lowest BCUT2D eigenvalue weighted by molar-refractivity contribution is 0.483. The molecule has 0 radical (unpaired) electrons. The summed E-state index contributed by atoms with van der Waals surface area (Å²) >= 11 is 0. The van der Waals surface area contributed by atoms with Gasteiger partial charge in [-0.05, 0) is 72.5 Å². The Morgan fingerprint density at radius 3 is 2.37 bits per heavy atom. The van der Waals surface area contributed by atoms with E-state index < -0.39 is 0 Å². The van der Waals surface area contributed by atoms with Crippen molar-refractivity contribution in [2.45, 2.75) is 27.7 Å². The molecule has 0 aliphatic heterocycles.